The zero-order valence-corrected chi connectivity index (χ0v) is 13.7. The molecule has 0 aromatic heterocycles. The van der Waals surface area contributed by atoms with Crippen molar-refractivity contribution in [1.82, 2.24) is 0 Å². The highest BCUT2D eigenvalue weighted by Gasteiger charge is 2.51. The van der Waals surface area contributed by atoms with Crippen molar-refractivity contribution < 1.29 is 48.0 Å². The Kier molecular flexibility index (Phi) is 7.11. The fourth-order valence-corrected chi connectivity index (χ4v) is 2.15. The average molecular weight is 348 g/mol. The Hall–Kier alpha value is -2.20. The van der Waals surface area contributed by atoms with Gasteiger partial charge in [-0.25, -0.2) is 0 Å². The molecule has 136 valence electrons. The molecule has 1 saturated heterocycles. The quantitative estimate of drug-likeness (QED) is 0.490. The number of aliphatic hydroxyl groups excluding tert-OH is 1. The first kappa shape index (κ1) is 19.8. The van der Waals surface area contributed by atoms with E-state index in [1.807, 2.05) is 0 Å². The van der Waals surface area contributed by atoms with Gasteiger partial charge in [-0.3, -0.25) is 19.2 Å². The second kappa shape index (κ2) is 8.60. The van der Waals surface area contributed by atoms with Crippen LogP contribution in [0.25, 0.3) is 0 Å². The maximum Gasteiger partial charge on any atom is 0.305 e. The Morgan fingerprint density at radius 2 is 1.33 bits per heavy atom. The normalized spacial score (nSPS) is 29.3. The van der Waals surface area contributed by atoms with E-state index in [2.05, 4.69) is 0 Å². The van der Waals surface area contributed by atoms with Crippen LogP contribution in [0, 0.1) is 0 Å². The number of carbonyl (C=O) groups excluding carboxylic acids is 4. The lowest BCUT2D eigenvalue weighted by atomic mass is 9.98. The molecule has 0 aliphatic carbocycles. The first-order valence-corrected chi connectivity index (χ1v) is 7.10. The molecule has 1 N–H and O–H groups in total. The first-order chi connectivity index (χ1) is 11.1. The molecule has 0 bridgehead atoms. The van der Waals surface area contributed by atoms with Gasteiger partial charge in [-0.05, 0) is 0 Å². The largest absolute Gasteiger partial charge is 0.463 e. The molecule has 0 radical (unpaired) electrons. The Bertz CT molecular complexity index is 486. The molecule has 0 amide bonds. The van der Waals surface area contributed by atoms with Crippen molar-refractivity contribution >= 4 is 23.9 Å². The third-order valence-electron chi connectivity index (χ3n) is 2.95. The summed E-state index contributed by atoms with van der Waals surface area (Å²) in [4.78, 5) is 44.7. The lowest BCUT2D eigenvalue weighted by Gasteiger charge is -2.42. The summed E-state index contributed by atoms with van der Waals surface area (Å²) in [6.45, 7) is 4.09. The fraction of sp³-hybridized carbons (Fsp3) is 0.714. The molecule has 5 atom stereocenters. The van der Waals surface area contributed by atoms with Crippen molar-refractivity contribution in [2.45, 2.75) is 58.4 Å². The van der Waals surface area contributed by atoms with E-state index in [4.69, 9.17) is 23.7 Å². The first-order valence-electron chi connectivity index (χ1n) is 7.10. The Labute approximate surface area is 137 Å². The van der Waals surface area contributed by atoms with Gasteiger partial charge in [0.05, 0.1) is 0 Å². The van der Waals surface area contributed by atoms with Crippen molar-refractivity contribution in [2.24, 2.45) is 0 Å². The highest BCUT2D eigenvalue weighted by Crippen LogP contribution is 2.27. The molecule has 10 nitrogen and oxygen atoms in total. The second-order valence-corrected chi connectivity index (χ2v) is 5.09. The summed E-state index contributed by atoms with van der Waals surface area (Å²) < 4.78 is 25.0. The molecule has 0 spiro atoms. The van der Waals surface area contributed by atoms with E-state index in [-0.39, 0.29) is 6.61 Å². The van der Waals surface area contributed by atoms with Crippen LogP contribution in [-0.2, 0) is 42.9 Å². The second-order valence-electron chi connectivity index (χ2n) is 5.09. The molecule has 0 aromatic rings. The summed E-state index contributed by atoms with van der Waals surface area (Å²) in [5.74, 6) is -2.87. The molecule has 1 rings (SSSR count). The number of hydrogen-bond donors (Lipinski definition) is 1. The lowest BCUT2D eigenvalue weighted by molar-refractivity contribution is -0.297. The van der Waals surface area contributed by atoms with E-state index in [0.717, 1.165) is 27.7 Å². The average Bonchev–Trinajstić information content (AvgIpc) is 2.42. The number of aliphatic hydroxyl groups is 1. The van der Waals surface area contributed by atoms with Crippen molar-refractivity contribution in [1.29, 1.82) is 0 Å². The third kappa shape index (κ3) is 5.78. The minimum Gasteiger partial charge on any atom is -0.463 e. The highest BCUT2D eigenvalue weighted by atomic mass is 16.7. The molecular weight excluding hydrogens is 328 g/mol. The van der Waals surface area contributed by atoms with Crippen molar-refractivity contribution in [3.8, 4) is 0 Å². The molecule has 24 heavy (non-hydrogen) atoms. The smallest absolute Gasteiger partial charge is 0.305 e. The standard InChI is InChI=1S/C14H20O10/c1-6(15)20-5-10-12(21-7(2)16)13(22-8(3)17)11(19)14(24-10)23-9(4)18/h10-14,19H,5H2,1-4H3/t10?,11?,12-,13+,14+/m0/s1. The van der Waals surface area contributed by atoms with E-state index in [0.29, 0.717) is 0 Å². The lowest BCUT2D eigenvalue weighted by Crippen LogP contribution is -2.62. The number of hydrogen-bond acceptors (Lipinski definition) is 10. The van der Waals surface area contributed by atoms with Gasteiger partial charge in [0.1, 0.15) is 12.7 Å². The van der Waals surface area contributed by atoms with Crippen LogP contribution in [0.5, 0.6) is 0 Å². The predicted molar refractivity (Wildman–Crippen MR) is 74.2 cm³/mol. The molecule has 2 unspecified atom stereocenters. The number of rotatable bonds is 5. The van der Waals surface area contributed by atoms with Crippen LogP contribution in [0.1, 0.15) is 27.7 Å². The van der Waals surface area contributed by atoms with Gasteiger partial charge in [0.15, 0.2) is 18.3 Å². The van der Waals surface area contributed by atoms with Gasteiger partial charge in [0.2, 0.25) is 6.29 Å². The van der Waals surface area contributed by atoms with E-state index < -0.39 is 54.6 Å². The molecule has 1 heterocycles. The summed E-state index contributed by atoms with van der Waals surface area (Å²) >= 11 is 0. The zero-order valence-electron chi connectivity index (χ0n) is 13.7. The van der Waals surface area contributed by atoms with Gasteiger partial charge in [-0.1, -0.05) is 0 Å². The summed E-state index contributed by atoms with van der Waals surface area (Å²) in [6.07, 6.45) is -6.83. The number of ether oxygens (including phenoxy) is 5. The Morgan fingerprint density at radius 3 is 1.79 bits per heavy atom. The molecule has 1 aliphatic rings. The van der Waals surface area contributed by atoms with Crippen LogP contribution in [0.15, 0.2) is 0 Å². The van der Waals surface area contributed by atoms with Gasteiger partial charge >= 0.3 is 23.9 Å². The molecule has 1 fully saturated rings. The number of carbonyl (C=O) groups is 4. The van der Waals surface area contributed by atoms with Crippen LogP contribution >= 0.6 is 0 Å². The highest BCUT2D eigenvalue weighted by molar-refractivity contribution is 5.68. The monoisotopic (exact) mass is 348 g/mol. The van der Waals surface area contributed by atoms with Crippen molar-refractivity contribution in [3.05, 3.63) is 0 Å². The van der Waals surface area contributed by atoms with Gasteiger partial charge in [0.25, 0.3) is 0 Å². The van der Waals surface area contributed by atoms with Crippen LogP contribution in [0.3, 0.4) is 0 Å². The van der Waals surface area contributed by atoms with E-state index in [1.54, 1.807) is 0 Å². The Morgan fingerprint density at radius 1 is 0.833 bits per heavy atom. The number of esters is 4. The molecular formula is C14H20O10. The maximum atomic E-state index is 11.3. The van der Waals surface area contributed by atoms with Crippen LogP contribution < -0.4 is 0 Å². The maximum absolute atomic E-state index is 11.3. The van der Waals surface area contributed by atoms with Gasteiger partial charge in [-0.15, -0.1) is 0 Å². The van der Waals surface area contributed by atoms with E-state index in [9.17, 15) is 24.3 Å². The summed E-state index contributed by atoms with van der Waals surface area (Å²) in [5.41, 5.74) is 0. The molecule has 0 saturated carbocycles. The summed E-state index contributed by atoms with van der Waals surface area (Å²) in [6, 6.07) is 0. The van der Waals surface area contributed by atoms with E-state index >= 15 is 0 Å². The fourth-order valence-electron chi connectivity index (χ4n) is 2.15. The molecule has 10 heteroatoms. The van der Waals surface area contributed by atoms with Crippen molar-refractivity contribution in [3.63, 3.8) is 0 Å². The van der Waals surface area contributed by atoms with Gasteiger partial charge < -0.3 is 28.8 Å². The molecule has 1 aliphatic heterocycles. The van der Waals surface area contributed by atoms with E-state index in [1.165, 1.54) is 0 Å². The van der Waals surface area contributed by atoms with Gasteiger partial charge in [0, 0.05) is 27.7 Å². The SMILES string of the molecule is CC(=O)OCC1O[C@@H](OC(C)=O)C(O)[C@@H](OC(C)=O)[C@H]1OC(C)=O. The minimum absolute atomic E-state index is 0.366. The van der Waals surface area contributed by atoms with Crippen LogP contribution in [0.2, 0.25) is 0 Å². The zero-order chi connectivity index (χ0) is 18.4. The van der Waals surface area contributed by atoms with Crippen LogP contribution in [-0.4, -0.2) is 66.3 Å². The third-order valence-corrected chi connectivity index (χ3v) is 2.95. The van der Waals surface area contributed by atoms with Crippen molar-refractivity contribution in [2.75, 3.05) is 6.61 Å². The summed E-state index contributed by atoms with van der Waals surface area (Å²) in [5, 5.41) is 10.2. The van der Waals surface area contributed by atoms with Crippen LogP contribution in [0.4, 0.5) is 0 Å². The predicted octanol–water partition coefficient (Wildman–Crippen LogP) is -0.938. The topological polar surface area (TPSA) is 135 Å². The molecule has 0 aromatic carbocycles. The minimum atomic E-state index is -1.60. The van der Waals surface area contributed by atoms with Gasteiger partial charge in [-0.2, -0.15) is 0 Å². The summed E-state index contributed by atoms with van der Waals surface area (Å²) in [7, 11) is 0. The Balaban J connectivity index is 3.08.